The Labute approximate surface area is 262 Å². The molecule has 7 rings (SSSR count). The third-order valence-electron chi connectivity index (χ3n) is 10.4. The maximum absolute atomic E-state index is 13.6. The summed E-state index contributed by atoms with van der Waals surface area (Å²) in [7, 11) is 1.80. The van der Waals surface area contributed by atoms with Gasteiger partial charge in [-0.15, -0.1) is 0 Å². The van der Waals surface area contributed by atoms with Crippen molar-refractivity contribution in [1.82, 2.24) is 9.80 Å². The molecule has 3 aromatic rings. The number of hydrogen-bond donors (Lipinski definition) is 0. The fourth-order valence-electron chi connectivity index (χ4n) is 8.66. The van der Waals surface area contributed by atoms with Crippen molar-refractivity contribution in [3.63, 3.8) is 0 Å². The van der Waals surface area contributed by atoms with E-state index < -0.39 is 23.1 Å². The van der Waals surface area contributed by atoms with Gasteiger partial charge in [-0.05, 0) is 68.0 Å². The molecule has 1 aromatic heterocycles. The van der Waals surface area contributed by atoms with Crippen molar-refractivity contribution in [2.75, 3.05) is 20.1 Å². The van der Waals surface area contributed by atoms with Crippen LogP contribution in [-0.4, -0.2) is 71.6 Å². The minimum absolute atomic E-state index is 0.0778. The van der Waals surface area contributed by atoms with Crippen LogP contribution in [0.15, 0.2) is 71.6 Å². The van der Waals surface area contributed by atoms with Gasteiger partial charge in [0.1, 0.15) is 11.7 Å². The van der Waals surface area contributed by atoms with Crippen LogP contribution in [0.25, 0.3) is 6.08 Å². The molecule has 2 aliphatic carbocycles. The van der Waals surface area contributed by atoms with Crippen LogP contribution >= 0.6 is 0 Å². The second-order valence-electron chi connectivity index (χ2n) is 12.7. The molecule has 1 saturated heterocycles. The zero-order valence-corrected chi connectivity index (χ0v) is 25.9. The van der Waals surface area contributed by atoms with Gasteiger partial charge >= 0.3 is 11.9 Å². The number of likely N-dealkylation sites (tertiary alicyclic amines) is 1. The number of carbonyl (C=O) groups excluding carboxylic acids is 3. The van der Waals surface area contributed by atoms with E-state index in [4.69, 9.17) is 18.6 Å². The van der Waals surface area contributed by atoms with Crippen LogP contribution in [0.2, 0.25) is 0 Å². The van der Waals surface area contributed by atoms with Crippen LogP contribution in [0.1, 0.15) is 55.4 Å². The Morgan fingerprint density at radius 2 is 1.89 bits per heavy atom. The number of benzene rings is 2. The maximum Gasteiger partial charge on any atom is 0.308 e. The predicted octanol–water partition coefficient (Wildman–Crippen LogP) is 4.71. The minimum Gasteiger partial charge on any atom is -0.483 e. The summed E-state index contributed by atoms with van der Waals surface area (Å²) in [6.07, 6.45) is 9.30. The van der Waals surface area contributed by atoms with Gasteiger partial charge in [0.2, 0.25) is 5.91 Å². The average molecular weight is 611 g/mol. The van der Waals surface area contributed by atoms with Crippen molar-refractivity contribution in [2.45, 2.75) is 75.2 Å². The molecule has 3 heterocycles. The first-order valence-corrected chi connectivity index (χ1v) is 15.7. The monoisotopic (exact) mass is 610 g/mol. The first-order chi connectivity index (χ1) is 21.7. The van der Waals surface area contributed by atoms with Gasteiger partial charge in [0, 0.05) is 44.6 Å². The predicted molar refractivity (Wildman–Crippen MR) is 166 cm³/mol. The molecule has 2 unspecified atom stereocenters. The fraction of sp³-hybridized carbons (Fsp3) is 0.417. The highest BCUT2D eigenvalue weighted by molar-refractivity contribution is 5.92. The lowest BCUT2D eigenvalue weighted by Crippen LogP contribution is -2.79. The van der Waals surface area contributed by atoms with E-state index in [2.05, 4.69) is 29.2 Å². The summed E-state index contributed by atoms with van der Waals surface area (Å²) in [4.78, 5) is 43.0. The lowest BCUT2D eigenvalue weighted by atomic mass is 9.48. The topological polar surface area (TPSA) is 98.5 Å². The lowest BCUT2D eigenvalue weighted by molar-refractivity contribution is -0.223. The molecule has 1 amide bonds. The third kappa shape index (κ3) is 4.67. The number of furan rings is 1. The average Bonchev–Trinajstić information content (AvgIpc) is 3.66. The van der Waals surface area contributed by atoms with Crippen molar-refractivity contribution in [1.29, 1.82) is 0 Å². The molecule has 45 heavy (non-hydrogen) atoms. The summed E-state index contributed by atoms with van der Waals surface area (Å²) in [6, 6.07) is 15.7. The lowest BCUT2D eigenvalue weighted by Gasteiger charge is -2.65. The normalized spacial score (nSPS) is 27.8. The Balaban J connectivity index is 1.32. The van der Waals surface area contributed by atoms with Crippen LogP contribution in [0.3, 0.4) is 0 Å². The number of amides is 1. The van der Waals surface area contributed by atoms with Gasteiger partial charge in [-0.1, -0.05) is 36.4 Å². The molecule has 234 valence electrons. The summed E-state index contributed by atoms with van der Waals surface area (Å²) in [5.74, 6) is -0.0420. The van der Waals surface area contributed by atoms with Gasteiger partial charge < -0.3 is 23.5 Å². The molecular formula is C36H38N2O7. The first-order valence-electron chi connectivity index (χ1n) is 15.7. The van der Waals surface area contributed by atoms with Crippen LogP contribution in [0, 0.1) is 0 Å². The van der Waals surface area contributed by atoms with Crippen LogP contribution in [0.4, 0.5) is 0 Å². The van der Waals surface area contributed by atoms with Crippen LogP contribution in [0.5, 0.6) is 11.5 Å². The molecule has 2 aromatic carbocycles. The molecule has 2 aliphatic heterocycles. The quantitative estimate of drug-likeness (QED) is 0.206. The summed E-state index contributed by atoms with van der Waals surface area (Å²) in [6.45, 7) is 4.46. The SMILES string of the molecule is CC(=O)Oc1ccc2c3c1OC1C(N(C)C(=O)/C=C/c4ccoc4)CC[C@@]4(OC(C)=O)[C@@H](C2)N(CCc2ccccc2)CC[C@]314. The molecule has 2 fully saturated rings. The number of nitrogens with zero attached hydrogens (tertiary/aromatic N) is 2. The van der Waals surface area contributed by atoms with Gasteiger partial charge in [-0.25, -0.2) is 0 Å². The first kappa shape index (κ1) is 29.3. The summed E-state index contributed by atoms with van der Waals surface area (Å²) < 4.78 is 24.3. The highest BCUT2D eigenvalue weighted by Crippen LogP contribution is 2.67. The number of piperidine rings is 1. The number of carbonyl (C=O) groups is 3. The number of ether oxygens (including phenoxy) is 3. The van der Waals surface area contributed by atoms with Gasteiger partial charge in [0.15, 0.2) is 11.5 Å². The molecule has 0 N–H and O–H groups in total. The zero-order chi connectivity index (χ0) is 31.3. The second-order valence-corrected chi connectivity index (χ2v) is 12.7. The molecule has 9 nitrogen and oxygen atoms in total. The molecule has 1 saturated carbocycles. The molecule has 5 atom stereocenters. The molecule has 4 aliphatic rings. The largest absolute Gasteiger partial charge is 0.483 e. The van der Waals surface area contributed by atoms with Crippen LogP contribution in [-0.2, 0) is 37.4 Å². The molecule has 9 heteroatoms. The smallest absolute Gasteiger partial charge is 0.308 e. The summed E-state index contributed by atoms with van der Waals surface area (Å²) >= 11 is 0. The van der Waals surface area contributed by atoms with Gasteiger partial charge in [0.05, 0.1) is 30.0 Å². The minimum atomic E-state index is -0.876. The number of likely N-dealkylation sites (N-methyl/N-ethyl adjacent to an activating group) is 1. The Kier molecular flexibility index (Phi) is 7.31. The fourth-order valence-corrected chi connectivity index (χ4v) is 8.66. The summed E-state index contributed by atoms with van der Waals surface area (Å²) in [5, 5.41) is 0. The third-order valence-corrected chi connectivity index (χ3v) is 10.4. The molecule has 1 spiro atoms. The molecule has 0 radical (unpaired) electrons. The maximum atomic E-state index is 13.6. The van der Waals surface area contributed by atoms with Gasteiger partial charge in [-0.2, -0.15) is 0 Å². The number of esters is 2. The summed E-state index contributed by atoms with van der Waals surface area (Å²) in [5.41, 5.74) is 2.53. The number of hydrogen-bond acceptors (Lipinski definition) is 8. The van der Waals surface area contributed by atoms with E-state index in [1.165, 1.54) is 19.4 Å². The Bertz CT molecular complexity index is 1650. The standard InChI is InChI=1S/C36H38N2O7/c1-23(39)43-29-11-10-27-21-30-36(45-24(2)40)16-13-28(37(3)31(41)12-9-26-15-20-42-22-26)34-35(36,32(27)33(29)44-34)17-19-38(30)18-14-25-7-5-4-6-8-25/h4-12,15,20,22,28,30,34H,13-14,16-19,21H2,1-3H3/b12-9+/t28?,30-,34?,35+,36-/m1/s1. The Morgan fingerprint density at radius 3 is 2.62 bits per heavy atom. The van der Waals surface area contributed by atoms with Gasteiger partial charge in [-0.3, -0.25) is 19.3 Å². The van der Waals surface area contributed by atoms with E-state index in [9.17, 15) is 14.4 Å². The van der Waals surface area contributed by atoms with Crippen molar-refractivity contribution >= 4 is 23.9 Å². The Hall–Kier alpha value is -4.37. The molecule has 2 bridgehead atoms. The van der Waals surface area contributed by atoms with E-state index >= 15 is 0 Å². The van der Waals surface area contributed by atoms with Crippen molar-refractivity contribution in [2.24, 2.45) is 0 Å². The van der Waals surface area contributed by atoms with Crippen molar-refractivity contribution < 1.29 is 33.0 Å². The van der Waals surface area contributed by atoms with Crippen molar-refractivity contribution in [3.8, 4) is 11.5 Å². The Morgan fingerprint density at radius 1 is 1.07 bits per heavy atom. The second kappa shape index (κ2) is 11.2. The number of rotatable bonds is 8. The van der Waals surface area contributed by atoms with Gasteiger partial charge in [0.25, 0.3) is 0 Å². The van der Waals surface area contributed by atoms with E-state index in [0.717, 1.165) is 36.2 Å². The highest BCUT2D eigenvalue weighted by Gasteiger charge is 2.75. The van der Waals surface area contributed by atoms with E-state index in [-0.39, 0.29) is 24.0 Å². The van der Waals surface area contributed by atoms with E-state index in [1.54, 1.807) is 42.7 Å². The van der Waals surface area contributed by atoms with E-state index in [0.29, 0.717) is 37.2 Å². The van der Waals surface area contributed by atoms with Crippen LogP contribution < -0.4 is 9.47 Å². The van der Waals surface area contributed by atoms with Crippen molar-refractivity contribution in [3.05, 3.63) is 89.4 Å². The van der Waals surface area contributed by atoms with E-state index in [1.807, 2.05) is 18.2 Å². The highest BCUT2D eigenvalue weighted by atomic mass is 16.6. The molecular weight excluding hydrogens is 572 g/mol. The zero-order valence-electron chi connectivity index (χ0n) is 25.9.